The van der Waals surface area contributed by atoms with Gasteiger partial charge >= 0.3 is 0 Å². The number of hydrogen-bond donors (Lipinski definition) is 1. The number of hydrogen-bond acceptors (Lipinski definition) is 4. The molecule has 1 saturated heterocycles. The molecule has 1 aliphatic rings. The van der Waals surface area contributed by atoms with E-state index in [9.17, 15) is 0 Å². The molecule has 1 aliphatic heterocycles. The van der Waals surface area contributed by atoms with Crippen molar-refractivity contribution < 1.29 is 9.47 Å². The number of nitrogens with one attached hydrogen (secondary N) is 1. The zero-order valence-electron chi connectivity index (χ0n) is 15.3. The van der Waals surface area contributed by atoms with Gasteiger partial charge in [-0.2, -0.15) is 0 Å². The second-order valence-corrected chi connectivity index (χ2v) is 7.59. The monoisotopic (exact) mass is 300 g/mol. The lowest BCUT2D eigenvalue weighted by Gasteiger charge is -2.35. The van der Waals surface area contributed by atoms with E-state index in [0.717, 1.165) is 26.1 Å². The van der Waals surface area contributed by atoms with Crippen molar-refractivity contribution in [2.45, 2.75) is 71.2 Å². The Morgan fingerprint density at radius 3 is 2.38 bits per heavy atom. The molecule has 0 spiro atoms. The van der Waals surface area contributed by atoms with E-state index in [1.54, 1.807) is 7.11 Å². The molecule has 1 rings (SSSR count). The van der Waals surface area contributed by atoms with Crippen LogP contribution in [0, 0.1) is 5.92 Å². The normalized spacial score (nSPS) is 29.0. The molecule has 0 bridgehead atoms. The van der Waals surface area contributed by atoms with Gasteiger partial charge in [0.05, 0.1) is 17.8 Å². The fourth-order valence-electron chi connectivity index (χ4n) is 3.57. The summed E-state index contributed by atoms with van der Waals surface area (Å²) >= 11 is 0. The zero-order chi connectivity index (χ0) is 16.3. The first-order valence-corrected chi connectivity index (χ1v) is 8.28. The number of likely N-dealkylation sites (N-methyl/N-ethyl adjacent to an activating group) is 1. The highest BCUT2D eigenvalue weighted by Crippen LogP contribution is 2.42. The minimum absolute atomic E-state index is 0.115. The summed E-state index contributed by atoms with van der Waals surface area (Å²) in [7, 11) is 3.95. The Bertz CT molecular complexity index is 318. The summed E-state index contributed by atoms with van der Waals surface area (Å²) in [5.74, 6) is 0.461. The summed E-state index contributed by atoms with van der Waals surface area (Å²) in [6.45, 7) is 16.1. The molecular formula is C17H36N2O2. The molecular weight excluding hydrogens is 264 g/mol. The third-order valence-electron chi connectivity index (χ3n) is 4.83. The van der Waals surface area contributed by atoms with Crippen LogP contribution in [0.25, 0.3) is 0 Å². The van der Waals surface area contributed by atoms with Crippen LogP contribution < -0.4 is 5.32 Å². The predicted octanol–water partition coefficient (Wildman–Crippen LogP) is 2.52. The average molecular weight is 300 g/mol. The average Bonchev–Trinajstić information content (AvgIpc) is 2.52. The van der Waals surface area contributed by atoms with Crippen molar-refractivity contribution in [1.29, 1.82) is 0 Å². The second kappa shape index (κ2) is 7.40. The van der Waals surface area contributed by atoms with Crippen LogP contribution in [0.3, 0.4) is 0 Å². The van der Waals surface area contributed by atoms with E-state index in [0.29, 0.717) is 18.0 Å². The first-order valence-electron chi connectivity index (χ1n) is 8.28. The van der Waals surface area contributed by atoms with Gasteiger partial charge in [-0.1, -0.05) is 6.92 Å². The van der Waals surface area contributed by atoms with Crippen LogP contribution in [-0.4, -0.2) is 62.0 Å². The summed E-state index contributed by atoms with van der Waals surface area (Å²) in [5.41, 5.74) is -0.245. The molecule has 0 saturated carbocycles. The quantitative estimate of drug-likeness (QED) is 0.747. The molecule has 1 heterocycles. The highest BCUT2D eigenvalue weighted by atomic mass is 16.5. The number of nitrogens with zero attached hydrogens (tertiary/aromatic N) is 1. The van der Waals surface area contributed by atoms with Gasteiger partial charge in [-0.15, -0.1) is 0 Å². The third-order valence-corrected chi connectivity index (χ3v) is 4.83. The van der Waals surface area contributed by atoms with E-state index in [1.165, 1.54) is 0 Å². The van der Waals surface area contributed by atoms with E-state index < -0.39 is 0 Å². The van der Waals surface area contributed by atoms with Gasteiger partial charge < -0.3 is 19.7 Å². The lowest BCUT2D eigenvalue weighted by molar-refractivity contribution is -0.0800. The molecule has 0 radical (unpaired) electrons. The van der Waals surface area contributed by atoms with Gasteiger partial charge in [-0.05, 0) is 54.6 Å². The standard InChI is InChI=1S/C17H36N2O2/c1-9-10-18-15-14(11-19(7)13(2)12-20-8)16(3,4)21-17(15,5)6/h13-15,18H,9-12H2,1-8H3. The SMILES string of the molecule is CCCNC1C(CN(C)C(C)COC)C(C)(C)OC1(C)C. The number of ether oxygens (including phenoxy) is 2. The molecule has 4 nitrogen and oxygen atoms in total. The lowest BCUT2D eigenvalue weighted by atomic mass is 9.82. The first kappa shape index (κ1) is 18.9. The maximum Gasteiger partial charge on any atom is 0.0790 e. The van der Waals surface area contributed by atoms with Gasteiger partial charge in [0.25, 0.3) is 0 Å². The fourth-order valence-corrected chi connectivity index (χ4v) is 3.57. The molecule has 1 fully saturated rings. The topological polar surface area (TPSA) is 33.7 Å². The van der Waals surface area contributed by atoms with Crippen LogP contribution in [0.4, 0.5) is 0 Å². The van der Waals surface area contributed by atoms with Crippen LogP contribution in [0.5, 0.6) is 0 Å². The van der Waals surface area contributed by atoms with Crippen molar-refractivity contribution in [1.82, 2.24) is 10.2 Å². The Kier molecular flexibility index (Phi) is 6.66. The van der Waals surface area contributed by atoms with Crippen molar-refractivity contribution in [2.75, 3.05) is 33.9 Å². The van der Waals surface area contributed by atoms with E-state index in [2.05, 4.69) is 58.8 Å². The summed E-state index contributed by atoms with van der Waals surface area (Å²) in [4.78, 5) is 2.39. The van der Waals surface area contributed by atoms with E-state index in [1.807, 2.05) is 0 Å². The lowest BCUT2D eigenvalue weighted by Crippen LogP contribution is -2.52. The number of rotatable bonds is 8. The Labute approximate surface area is 131 Å². The maximum atomic E-state index is 6.38. The van der Waals surface area contributed by atoms with Gasteiger partial charge in [0.2, 0.25) is 0 Å². The third kappa shape index (κ3) is 4.65. The minimum Gasteiger partial charge on any atom is -0.383 e. The van der Waals surface area contributed by atoms with Gasteiger partial charge in [0.15, 0.2) is 0 Å². The molecule has 4 heteroatoms. The van der Waals surface area contributed by atoms with Gasteiger partial charge in [0.1, 0.15) is 0 Å². The van der Waals surface area contributed by atoms with Gasteiger partial charge in [-0.25, -0.2) is 0 Å². The van der Waals surface area contributed by atoms with Gasteiger partial charge in [0, 0.05) is 31.7 Å². The highest BCUT2D eigenvalue weighted by Gasteiger charge is 2.53. The number of methoxy groups -OCH3 is 1. The molecule has 0 aromatic heterocycles. The molecule has 3 unspecified atom stereocenters. The van der Waals surface area contributed by atoms with Crippen molar-refractivity contribution in [3.63, 3.8) is 0 Å². The molecule has 0 amide bonds. The van der Waals surface area contributed by atoms with Crippen molar-refractivity contribution in [3.05, 3.63) is 0 Å². The first-order chi connectivity index (χ1) is 9.65. The molecule has 0 aliphatic carbocycles. The zero-order valence-corrected chi connectivity index (χ0v) is 15.3. The Hall–Kier alpha value is -0.160. The fraction of sp³-hybridized carbons (Fsp3) is 1.00. The van der Waals surface area contributed by atoms with Crippen molar-refractivity contribution in [3.8, 4) is 0 Å². The van der Waals surface area contributed by atoms with Crippen LogP contribution >= 0.6 is 0 Å². The summed E-state index contributed by atoms with van der Waals surface area (Å²) in [6.07, 6.45) is 1.15. The molecule has 0 aromatic carbocycles. The van der Waals surface area contributed by atoms with Crippen LogP contribution in [0.2, 0.25) is 0 Å². The summed E-state index contributed by atoms with van der Waals surface area (Å²) in [5, 5.41) is 3.72. The molecule has 1 N–H and O–H groups in total. The molecule has 21 heavy (non-hydrogen) atoms. The van der Waals surface area contributed by atoms with Crippen LogP contribution in [0.15, 0.2) is 0 Å². The smallest absolute Gasteiger partial charge is 0.0790 e. The van der Waals surface area contributed by atoms with Crippen LogP contribution in [-0.2, 0) is 9.47 Å². The highest BCUT2D eigenvalue weighted by molar-refractivity contribution is 5.06. The van der Waals surface area contributed by atoms with Gasteiger partial charge in [-0.3, -0.25) is 0 Å². The Morgan fingerprint density at radius 1 is 1.24 bits per heavy atom. The van der Waals surface area contributed by atoms with Crippen molar-refractivity contribution >= 4 is 0 Å². The molecule has 0 aromatic rings. The summed E-state index contributed by atoms with van der Waals surface area (Å²) in [6, 6.07) is 0.797. The maximum absolute atomic E-state index is 6.38. The predicted molar refractivity (Wildman–Crippen MR) is 88.8 cm³/mol. The summed E-state index contributed by atoms with van der Waals surface area (Å²) < 4.78 is 11.7. The Morgan fingerprint density at radius 2 is 1.86 bits per heavy atom. The van der Waals surface area contributed by atoms with E-state index >= 15 is 0 Å². The Balaban J connectivity index is 2.83. The van der Waals surface area contributed by atoms with E-state index in [-0.39, 0.29) is 11.2 Å². The minimum atomic E-state index is -0.130. The molecule has 3 atom stereocenters. The largest absolute Gasteiger partial charge is 0.383 e. The van der Waals surface area contributed by atoms with Crippen LogP contribution in [0.1, 0.15) is 48.0 Å². The second-order valence-electron chi connectivity index (χ2n) is 7.59. The van der Waals surface area contributed by atoms with Crippen molar-refractivity contribution in [2.24, 2.45) is 5.92 Å². The molecule has 126 valence electrons. The van der Waals surface area contributed by atoms with E-state index in [4.69, 9.17) is 9.47 Å².